The molecule has 0 saturated carbocycles. The lowest BCUT2D eigenvalue weighted by Gasteiger charge is -2.32. The molecule has 7 nitrogen and oxygen atoms in total. The SMILES string of the molecule is COCc1cc(CN2CCCC(c3ccc(Nc4cnccn4)cn3)C2)ccc1OC(C)C. The number of likely N-dealkylation sites (tertiary alicyclic amines) is 1. The van der Waals surface area contributed by atoms with Crippen molar-refractivity contribution in [3.8, 4) is 5.75 Å². The van der Waals surface area contributed by atoms with E-state index in [1.807, 2.05) is 20.0 Å². The van der Waals surface area contributed by atoms with Crippen molar-refractivity contribution < 1.29 is 9.47 Å². The molecule has 7 heteroatoms. The van der Waals surface area contributed by atoms with Crippen molar-refractivity contribution in [3.05, 3.63) is 71.9 Å². The Kier molecular flexibility index (Phi) is 7.86. The minimum Gasteiger partial charge on any atom is -0.491 e. The largest absolute Gasteiger partial charge is 0.491 e. The van der Waals surface area contributed by atoms with Crippen molar-refractivity contribution >= 4 is 11.5 Å². The molecule has 1 aliphatic heterocycles. The summed E-state index contributed by atoms with van der Waals surface area (Å²) in [5, 5.41) is 3.24. The zero-order chi connectivity index (χ0) is 23.0. The van der Waals surface area contributed by atoms with Gasteiger partial charge in [0.15, 0.2) is 0 Å². The summed E-state index contributed by atoms with van der Waals surface area (Å²) >= 11 is 0. The zero-order valence-electron chi connectivity index (χ0n) is 19.7. The second kappa shape index (κ2) is 11.2. The Morgan fingerprint density at radius 3 is 2.76 bits per heavy atom. The Balaban J connectivity index is 1.39. The van der Waals surface area contributed by atoms with Crippen LogP contribution in [0.2, 0.25) is 0 Å². The number of nitrogens with one attached hydrogen (secondary N) is 1. The predicted molar refractivity (Wildman–Crippen MR) is 130 cm³/mol. The van der Waals surface area contributed by atoms with Gasteiger partial charge in [0, 0.05) is 49.8 Å². The van der Waals surface area contributed by atoms with Crippen LogP contribution in [0.1, 0.15) is 49.4 Å². The van der Waals surface area contributed by atoms with Crippen LogP contribution in [0.4, 0.5) is 11.5 Å². The number of hydrogen-bond acceptors (Lipinski definition) is 7. The van der Waals surface area contributed by atoms with Gasteiger partial charge in [0.2, 0.25) is 0 Å². The van der Waals surface area contributed by atoms with Crippen molar-refractivity contribution in [1.82, 2.24) is 19.9 Å². The van der Waals surface area contributed by atoms with Gasteiger partial charge in [-0.2, -0.15) is 0 Å². The molecule has 3 aromatic rings. The lowest BCUT2D eigenvalue weighted by atomic mass is 9.93. The average molecular weight is 448 g/mol. The van der Waals surface area contributed by atoms with E-state index >= 15 is 0 Å². The van der Waals surface area contributed by atoms with Crippen molar-refractivity contribution in [2.75, 3.05) is 25.5 Å². The second-order valence-electron chi connectivity index (χ2n) is 8.80. The molecule has 0 bridgehead atoms. The molecule has 1 saturated heterocycles. The number of nitrogens with zero attached hydrogens (tertiary/aromatic N) is 4. The molecule has 0 radical (unpaired) electrons. The highest BCUT2D eigenvalue weighted by molar-refractivity contribution is 5.53. The van der Waals surface area contributed by atoms with E-state index in [0.29, 0.717) is 18.3 Å². The summed E-state index contributed by atoms with van der Waals surface area (Å²) in [5.74, 6) is 2.06. The first-order chi connectivity index (χ1) is 16.1. The van der Waals surface area contributed by atoms with Crippen LogP contribution >= 0.6 is 0 Å². The quantitative estimate of drug-likeness (QED) is 0.499. The van der Waals surface area contributed by atoms with Crippen LogP contribution in [-0.4, -0.2) is 46.2 Å². The molecular weight excluding hydrogens is 414 g/mol. The topological polar surface area (TPSA) is 72.4 Å². The van der Waals surface area contributed by atoms with Gasteiger partial charge in [-0.3, -0.25) is 14.9 Å². The molecular formula is C26H33N5O2. The molecule has 33 heavy (non-hydrogen) atoms. The van der Waals surface area contributed by atoms with Crippen molar-refractivity contribution in [3.63, 3.8) is 0 Å². The number of aromatic nitrogens is 3. The molecule has 174 valence electrons. The molecule has 0 spiro atoms. The molecule has 1 fully saturated rings. The Bertz CT molecular complexity index is 1010. The molecule has 1 aromatic carbocycles. The van der Waals surface area contributed by atoms with E-state index in [0.717, 1.165) is 48.7 Å². The fraction of sp³-hybridized carbons (Fsp3) is 0.423. The number of anilines is 2. The molecule has 0 aliphatic carbocycles. The third-order valence-corrected chi connectivity index (χ3v) is 5.74. The molecule has 1 N–H and O–H groups in total. The molecule has 4 rings (SSSR count). The smallest absolute Gasteiger partial charge is 0.148 e. The van der Waals surface area contributed by atoms with E-state index in [1.54, 1.807) is 25.7 Å². The van der Waals surface area contributed by atoms with Gasteiger partial charge in [-0.15, -0.1) is 0 Å². The number of rotatable bonds is 9. The van der Waals surface area contributed by atoms with E-state index in [9.17, 15) is 0 Å². The maximum absolute atomic E-state index is 5.95. The standard InChI is InChI=1S/C26H33N5O2/c1-19(2)33-25-9-6-20(13-22(25)18-32-3)16-31-12-4-5-21(17-31)24-8-7-23(14-29-24)30-26-15-27-10-11-28-26/h6-11,13-15,19,21H,4-5,12,16-18H2,1-3H3,(H,28,30). The first-order valence-corrected chi connectivity index (χ1v) is 11.6. The molecule has 0 amide bonds. The normalized spacial score (nSPS) is 16.7. The number of piperidine rings is 1. The summed E-state index contributed by atoms with van der Waals surface area (Å²) in [7, 11) is 1.72. The van der Waals surface area contributed by atoms with E-state index in [-0.39, 0.29) is 6.10 Å². The highest BCUT2D eigenvalue weighted by Gasteiger charge is 2.22. The third-order valence-electron chi connectivity index (χ3n) is 5.74. The Hall–Kier alpha value is -3.03. The fourth-order valence-electron chi connectivity index (χ4n) is 4.30. The first-order valence-electron chi connectivity index (χ1n) is 11.6. The van der Waals surface area contributed by atoms with Crippen LogP contribution in [0.25, 0.3) is 0 Å². The van der Waals surface area contributed by atoms with E-state index in [4.69, 9.17) is 14.5 Å². The van der Waals surface area contributed by atoms with Crippen LogP contribution in [-0.2, 0) is 17.9 Å². The van der Waals surface area contributed by atoms with E-state index in [1.165, 1.54) is 12.0 Å². The van der Waals surface area contributed by atoms with Crippen molar-refractivity contribution in [1.29, 1.82) is 0 Å². The van der Waals surface area contributed by atoms with Gasteiger partial charge in [-0.1, -0.05) is 6.07 Å². The molecule has 3 heterocycles. The lowest BCUT2D eigenvalue weighted by molar-refractivity contribution is 0.174. The molecule has 2 aromatic heterocycles. The summed E-state index contributed by atoms with van der Waals surface area (Å²) in [6.07, 6.45) is 9.39. The highest BCUT2D eigenvalue weighted by atomic mass is 16.5. The highest BCUT2D eigenvalue weighted by Crippen LogP contribution is 2.29. The van der Waals surface area contributed by atoms with Gasteiger partial charge in [0.05, 0.1) is 30.8 Å². The monoisotopic (exact) mass is 447 g/mol. The summed E-state index contributed by atoms with van der Waals surface area (Å²) in [4.78, 5) is 15.6. The van der Waals surface area contributed by atoms with Gasteiger partial charge in [-0.05, 0) is 63.1 Å². The van der Waals surface area contributed by atoms with Crippen LogP contribution in [0.5, 0.6) is 5.75 Å². The summed E-state index contributed by atoms with van der Waals surface area (Å²) < 4.78 is 11.4. The maximum Gasteiger partial charge on any atom is 0.148 e. The molecule has 1 aliphatic rings. The third kappa shape index (κ3) is 6.49. The van der Waals surface area contributed by atoms with Crippen molar-refractivity contribution in [2.24, 2.45) is 0 Å². The number of hydrogen-bond donors (Lipinski definition) is 1. The van der Waals surface area contributed by atoms with Gasteiger partial charge < -0.3 is 14.8 Å². The fourth-order valence-corrected chi connectivity index (χ4v) is 4.30. The number of ether oxygens (including phenoxy) is 2. The molecule has 1 unspecified atom stereocenters. The molecule has 1 atom stereocenters. The van der Waals surface area contributed by atoms with Gasteiger partial charge in [-0.25, -0.2) is 4.98 Å². The van der Waals surface area contributed by atoms with Crippen LogP contribution in [0.3, 0.4) is 0 Å². The minimum atomic E-state index is 0.143. The number of methoxy groups -OCH3 is 1. The van der Waals surface area contributed by atoms with Gasteiger partial charge >= 0.3 is 0 Å². The lowest BCUT2D eigenvalue weighted by Crippen LogP contribution is -2.34. The van der Waals surface area contributed by atoms with Gasteiger partial charge in [0.25, 0.3) is 0 Å². The maximum atomic E-state index is 5.95. The van der Waals surface area contributed by atoms with Crippen LogP contribution < -0.4 is 10.1 Å². The number of pyridine rings is 1. The summed E-state index contributed by atoms with van der Waals surface area (Å²) in [6.45, 7) is 7.68. The summed E-state index contributed by atoms with van der Waals surface area (Å²) in [5.41, 5.74) is 4.45. The van der Waals surface area contributed by atoms with E-state index in [2.05, 4.69) is 50.5 Å². The second-order valence-corrected chi connectivity index (χ2v) is 8.80. The van der Waals surface area contributed by atoms with Crippen LogP contribution in [0, 0.1) is 0 Å². The Morgan fingerprint density at radius 1 is 1.12 bits per heavy atom. The van der Waals surface area contributed by atoms with Crippen molar-refractivity contribution in [2.45, 2.75) is 51.9 Å². The minimum absolute atomic E-state index is 0.143. The Morgan fingerprint density at radius 2 is 2.03 bits per heavy atom. The van der Waals surface area contributed by atoms with Gasteiger partial charge in [0.1, 0.15) is 11.6 Å². The number of benzene rings is 1. The average Bonchev–Trinajstić information content (AvgIpc) is 2.82. The van der Waals surface area contributed by atoms with Crippen LogP contribution in [0.15, 0.2) is 55.1 Å². The predicted octanol–water partition coefficient (Wildman–Crippen LogP) is 4.93. The summed E-state index contributed by atoms with van der Waals surface area (Å²) in [6, 6.07) is 10.7. The Labute approximate surface area is 196 Å². The first kappa shape index (κ1) is 23.1. The zero-order valence-corrected chi connectivity index (χ0v) is 19.7. The van der Waals surface area contributed by atoms with E-state index < -0.39 is 0 Å².